The van der Waals surface area contributed by atoms with Crippen molar-refractivity contribution in [3.05, 3.63) is 86.9 Å². The van der Waals surface area contributed by atoms with Crippen molar-refractivity contribution in [1.29, 1.82) is 0 Å². The van der Waals surface area contributed by atoms with Gasteiger partial charge in [0.15, 0.2) is 5.78 Å². The molecule has 0 aliphatic carbocycles. The first-order chi connectivity index (χ1) is 21.7. The zero-order chi connectivity index (χ0) is 35.3. The molecule has 0 atom stereocenters. The maximum atomic E-state index is 13.2. The number of ketones is 2. The summed E-state index contributed by atoms with van der Waals surface area (Å²) in [4.78, 5) is 38.6. The van der Waals surface area contributed by atoms with Crippen molar-refractivity contribution in [2.24, 2.45) is 5.41 Å². The van der Waals surface area contributed by atoms with Crippen LogP contribution in [-0.4, -0.2) is 43.0 Å². The normalized spacial score (nSPS) is 12.2. The van der Waals surface area contributed by atoms with Gasteiger partial charge in [0.1, 0.15) is 29.3 Å². The number of hydrogen-bond donors (Lipinski definition) is 1. The highest BCUT2D eigenvalue weighted by atomic mass is 35.5. The van der Waals surface area contributed by atoms with Crippen LogP contribution in [0.3, 0.4) is 0 Å². The Morgan fingerprint density at radius 1 is 0.809 bits per heavy atom. The number of anilines is 1. The van der Waals surface area contributed by atoms with Crippen molar-refractivity contribution >= 4 is 46.4 Å². The molecule has 0 aliphatic heterocycles. The standard InChI is InChI=1S/C31H25Cl2F8NO5/c1-29(2,30(36,37)38)26(44)10-5-16-3-7-21(32)19(11-16)23(43)13-17-4-8-24(46-15-27(34)35)20(12-17)28(45)42-18-6-9-25(22(33)14-18)47-31(39,40)41/h3-4,6-9,11-12,14,27H,5,10,13,15H2,1-2H3,(H,42,45). The van der Waals surface area contributed by atoms with Crippen molar-refractivity contribution < 1.29 is 59.0 Å². The lowest BCUT2D eigenvalue weighted by Gasteiger charge is -2.26. The summed E-state index contributed by atoms with van der Waals surface area (Å²) < 4.78 is 112. The van der Waals surface area contributed by atoms with Crippen LogP contribution in [0.2, 0.25) is 10.0 Å². The fourth-order valence-corrected chi connectivity index (χ4v) is 4.52. The van der Waals surface area contributed by atoms with Gasteiger partial charge in [-0.15, -0.1) is 13.2 Å². The Bertz CT molecular complexity index is 1640. The lowest BCUT2D eigenvalue weighted by Crippen LogP contribution is -2.39. The van der Waals surface area contributed by atoms with Gasteiger partial charge < -0.3 is 14.8 Å². The number of Topliss-reactive ketones (excluding diaryl/α,β-unsaturated/α-hetero) is 2. The number of carbonyl (C=O) groups excluding carboxylic acids is 3. The van der Waals surface area contributed by atoms with E-state index < -0.39 is 65.7 Å². The second-order valence-electron chi connectivity index (χ2n) is 10.6. The topological polar surface area (TPSA) is 81.7 Å². The summed E-state index contributed by atoms with van der Waals surface area (Å²) in [6, 6.07) is 10.7. The van der Waals surface area contributed by atoms with Gasteiger partial charge in [0.2, 0.25) is 0 Å². The van der Waals surface area contributed by atoms with Crippen LogP contribution in [0.4, 0.5) is 40.8 Å². The molecule has 0 spiro atoms. The van der Waals surface area contributed by atoms with Crippen LogP contribution in [0.25, 0.3) is 0 Å². The Morgan fingerprint density at radius 2 is 1.43 bits per heavy atom. The summed E-state index contributed by atoms with van der Waals surface area (Å²) in [5, 5.41) is 1.86. The molecule has 16 heteroatoms. The summed E-state index contributed by atoms with van der Waals surface area (Å²) in [5.74, 6) is -3.61. The highest BCUT2D eigenvalue weighted by Gasteiger charge is 2.51. The van der Waals surface area contributed by atoms with Crippen molar-refractivity contribution in [3.8, 4) is 11.5 Å². The maximum absolute atomic E-state index is 13.2. The minimum absolute atomic E-state index is 0.00498. The first-order valence-corrected chi connectivity index (χ1v) is 14.3. The lowest BCUT2D eigenvalue weighted by atomic mass is 9.84. The number of ether oxygens (including phenoxy) is 2. The summed E-state index contributed by atoms with van der Waals surface area (Å²) in [7, 11) is 0. The fraction of sp³-hybridized carbons (Fsp3) is 0.323. The van der Waals surface area contributed by atoms with Crippen LogP contribution in [0.1, 0.15) is 52.1 Å². The molecule has 47 heavy (non-hydrogen) atoms. The maximum Gasteiger partial charge on any atom is 0.573 e. The molecule has 0 unspecified atom stereocenters. The SMILES string of the molecule is CC(C)(C(=O)CCc1ccc(Cl)c(C(=O)Cc2ccc(OCC(F)F)c(C(=O)Nc3ccc(OC(F)(F)F)c(Cl)c3)c2)c1)C(F)(F)F. The lowest BCUT2D eigenvalue weighted by molar-refractivity contribution is -0.274. The van der Waals surface area contributed by atoms with Gasteiger partial charge >= 0.3 is 12.5 Å². The average Bonchev–Trinajstić information content (AvgIpc) is 2.95. The summed E-state index contributed by atoms with van der Waals surface area (Å²) in [6.45, 7) is 0.477. The van der Waals surface area contributed by atoms with E-state index in [4.69, 9.17) is 27.9 Å². The van der Waals surface area contributed by atoms with E-state index in [9.17, 15) is 49.5 Å². The van der Waals surface area contributed by atoms with Gasteiger partial charge in [-0.25, -0.2) is 8.78 Å². The number of benzene rings is 3. The van der Waals surface area contributed by atoms with E-state index in [-0.39, 0.29) is 46.0 Å². The van der Waals surface area contributed by atoms with E-state index in [1.807, 2.05) is 0 Å². The number of amides is 1. The molecule has 1 N–H and O–H groups in total. The molecule has 3 aromatic rings. The van der Waals surface area contributed by atoms with E-state index in [0.29, 0.717) is 5.56 Å². The molecular formula is C31H25Cl2F8NO5. The van der Waals surface area contributed by atoms with Crippen LogP contribution in [0.5, 0.6) is 11.5 Å². The monoisotopic (exact) mass is 713 g/mol. The Labute approximate surface area is 272 Å². The highest BCUT2D eigenvalue weighted by molar-refractivity contribution is 6.34. The van der Waals surface area contributed by atoms with Gasteiger partial charge in [-0.2, -0.15) is 13.2 Å². The molecule has 0 fully saturated rings. The van der Waals surface area contributed by atoms with E-state index in [2.05, 4.69) is 10.1 Å². The molecule has 0 aromatic heterocycles. The second kappa shape index (κ2) is 14.9. The second-order valence-corrected chi connectivity index (χ2v) is 11.5. The third-order valence-electron chi connectivity index (χ3n) is 6.81. The number of aryl methyl sites for hydroxylation is 1. The van der Waals surface area contributed by atoms with E-state index in [1.165, 1.54) is 36.4 Å². The Kier molecular flexibility index (Phi) is 11.9. The molecule has 0 radical (unpaired) electrons. The zero-order valence-electron chi connectivity index (χ0n) is 24.4. The molecule has 0 aliphatic rings. The van der Waals surface area contributed by atoms with Crippen molar-refractivity contribution in [2.45, 2.75) is 52.1 Å². The average molecular weight is 714 g/mol. The summed E-state index contributed by atoms with van der Waals surface area (Å²) in [6.07, 6.45) is -13.6. The molecular weight excluding hydrogens is 689 g/mol. The van der Waals surface area contributed by atoms with Gasteiger partial charge in [-0.3, -0.25) is 14.4 Å². The number of nitrogens with one attached hydrogen (secondary N) is 1. The first-order valence-electron chi connectivity index (χ1n) is 13.5. The molecule has 254 valence electrons. The van der Waals surface area contributed by atoms with Crippen molar-refractivity contribution in [2.75, 3.05) is 11.9 Å². The summed E-state index contributed by atoms with van der Waals surface area (Å²) in [5.41, 5.74) is -2.42. The Morgan fingerprint density at radius 3 is 2.02 bits per heavy atom. The van der Waals surface area contributed by atoms with Gasteiger partial charge in [0.05, 0.1) is 15.6 Å². The molecule has 6 nitrogen and oxygen atoms in total. The predicted molar refractivity (Wildman–Crippen MR) is 157 cm³/mol. The first kappa shape index (κ1) is 37.5. The van der Waals surface area contributed by atoms with E-state index >= 15 is 0 Å². The number of rotatable bonds is 13. The van der Waals surface area contributed by atoms with Crippen molar-refractivity contribution in [1.82, 2.24) is 0 Å². The van der Waals surface area contributed by atoms with Crippen LogP contribution < -0.4 is 14.8 Å². The number of alkyl halides is 8. The Balaban J connectivity index is 1.83. The molecule has 3 rings (SSSR count). The van der Waals surface area contributed by atoms with Gasteiger partial charge in [0.25, 0.3) is 12.3 Å². The van der Waals surface area contributed by atoms with E-state index in [1.54, 1.807) is 0 Å². The molecule has 0 bridgehead atoms. The van der Waals surface area contributed by atoms with Crippen LogP contribution in [0.15, 0.2) is 54.6 Å². The smallest absolute Gasteiger partial charge is 0.487 e. The summed E-state index contributed by atoms with van der Waals surface area (Å²) >= 11 is 12.0. The van der Waals surface area contributed by atoms with Crippen LogP contribution in [-0.2, 0) is 17.6 Å². The fourth-order valence-electron chi connectivity index (χ4n) is 4.08. The minimum Gasteiger partial charge on any atom is -0.487 e. The van der Waals surface area contributed by atoms with E-state index in [0.717, 1.165) is 32.0 Å². The predicted octanol–water partition coefficient (Wildman–Crippen LogP) is 9.30. The number of halogens is 10. The van der Waals surface area contributed by atoms with Crippen LogP contribution >= 0.6 is 23.2 Å². The zero-order valence-corrected chi connectivity index (χ0v) is 25.9. The quantitative estimate of drug-likeness (QED) is 0.141. The molecule has 3 aromatic carbocycles. The number of carbonyl (C=O) groups is 3. The van der Waals surface area contributed by atoms with Gasteiger partial charge in [0, 0.05) is 24.1 Å². The van der Waals surface area contributed by atoms with Gasteiger partial charge in [-0.1, -0.05) is 35.3 Å². The Hall–Kier alpha value is -3.91. The minimum atomic E-state index is -5.03. The van der Waals surface area contributed by atoms with Gasteiger partial charge in [-0.05, 0) is 73.9 Å². The molecule has 0 heterocycles. The van der Waals surface area contributed by atoms with Crippen molar-refractivity contribution in [3.63, 3.8) is 0 Å². The third kappa shape index (κ3) is 10.3. The molecule has 1 amide bonds. The number of hydrogen-bond acceptors (Lipinski definition) is 5. The van der Waals surface area contributed by atoms with Crippen LogP contribution in [0, 0.1) is 5.41 Å². The largest absolute Gasteiger partial charge is 0.573 e. The third-order valence-corrected chi connectivity index (χ3v) is 7.44. The molecule has 0 saturated heterocycles. The molecule has 0 saturated carbocycles. The highest BCUT2D eigenvalue weighted by Crippen LogP contribution is 2.39.